The molecule has 0 aliphatic carbocycles. The number of nitrogens with zero attached hydrogens (tertiary/aromatic N) is 2. The summed E-state index contributed by atoms with van der Waals surface area (Å²) < 4.78 is 19.6. The molecular formula is C24H31FN4O4. The van der Waals surface area contributed by atoms with Crippen LogP contribution in [0.25, 0.3) is 0 Å². The highest BCUT2D eigenvalue weighted by molar-refractivity contribution is 5.98. The van der Waals surface area contributed by atoms with Gasteiger partial charge in [0, 0.05) is 38.1 Å². The fourth-order valence-electron chi connectivity index (χ4n) is 3.81. The molecular weight excluding hydrogens is 427 g/mol. The molecule has 1 atom stereocenters. The monoisotopic (exact) mass is 458 g/mol. The number of carbonyl (C=O) groups is 2. The number of hydrogen-bond donors (Lipinski definition) is 3. The minimum absolute atomic E-state index is 0.0906. The molecule has 1 amide bonds. The number of carbonyl (C=O) groups excluding carboxylic acids is 1. The summed E-state index contributed by atoms with van der Waals surface area (Å²) >= 11 is 0. The van der Waals surface area contributed by atoms with Crippen molar-refractivity contribution >= 4 is 17.7 Å². The Morgan fingerprint density at radius 1 is 1.27 bits per heavy atom. The number of fused-ring (bicyclic) bond motifs is 1. The van der Waals surface area contributed by atoms with Crippen molar-refractivity contribution in [2.75, 3.05) is 25.1 Å². The van der Waals surface area contributed by atoms with Crippen molar-refractivity contribution in [1.29, 1.82) is 0 Å². The molecule has 0 saturated carbocycles. The van der Waals surface area contributed by atoms with Crippen molar-refractivity contribution in [3.05, 3.63) is 52.7 Å². The molecule has 3 rings (SSSR count). The van der Waals surface area contributed by atoms with Crippen LogP contribution in [0, 0.1) is 5.82 Å². The molecule has 1 aliphatic heterocycles. The number of aromatic nitrogens is 2. The summed E-state index contributed by atoms with van der Waals surface area (Å²) in [6.45, 7) is 3.40. The van der Waals surface area contributed by atoms with Crippen molar-refractivity contribution in [3.63, 3.8) is 0 Å². The number of rotatable bonds is 12. The van der Waals surface area contributed by atoms with Crippen LogP contribution in [-0.2, 0) is 28.8 Å². The molecule has 178 valence electrons. The third-order valence-corrected chi connectivity index (χ3v) is 5.66. The van der Waals surface area contributed by atoms with Crippen LogP contribution in [0.2, 0.25) is 0 Å². The number of halogens is 1. The van der Waals surface area contributed by atoms with E-state index in [0.29, 0.717) is 18.6 Å². The topological polar surface area (TPSA) is 113 Å². The highest BCUT2D eigenvalue weighted by Crippen LogP contribution is 2.20. The number of aryl methyl sites for hydroxylation is 3. The van der Waals surface area contributed by atoms with E-state index in [0.717, 1.165) is 56.4 Å². The lowest BCUT2D eigenvalue weighted by atomic mass is 10.1. The van der Waals surface area contributed by atoms with Gasteiger partial charge in [0.15, 0.2) is 5.82 Å². The molecule has 0 aromatic carbocycles. The smallest absolute Gasteiger partial charge is 0.326 e. The number of amides is 1. The van der Waals surface area contributed by atoms with Crippen LogP contribution in [0.5, 0.6) is 0 Å². The van der Waals surface area contributed by atoms with Gasteiger partial charge in [-0.2, -0.15) is 0 Å². The number of carboxylic acids is 1. The lowest BCUT2D eigenvalue weighted by Crippen LogP contribution is -2.42. The van der Waals surface area contributed by atoms with Crippen LogP contribution in [0.3, 0.4) is 0 Å². The van der Waals surface area contributed by atoms with E-state index >= 15 is 0 Å². The maximum absolute atomic E-state index is 14.1. The second-order valence-corrected chi connectivity index (χ2v) is 8.07. The molecule has 3 heterocycles. The fraction of sp³-hybridized carbons (Fsp3) is 0.500. The largest absolute Gasteiger partial charge is 0.480 e. The van der Waals surface area contributed by atoms with Crippen molar-refractivity contribution in [2.24, 2.45) is 0 Å². The lowest BCUT2D eigenvalue weighted by Gasteiger charge is -2.17. The zero-order valence-electron chi connectivity index (χ0n) is 18.9. The quantitative estimate of drug-likeness (QED) is 0.419. The SMILES string of the molecule is CCc1cncc(F)c1C(=O)NC(CCOCCCCc1ccc2c(n1)NCCC2)C(=O)O. The summed E-state index contributed by atoms with van der Waals surface area (Å²) in [5.74, 6) is -1.72. The van der Waals surface area contributed by atoms with Gasteiger partial charge in [0.1, 0.15) is 11.9 Å². The lowest BCUT2D eigenvalue weighted by molar-refractivity contribution is -0.139. The van der Waals surface area contributed by atoms with Gasteiger partial charge in [-0.3, -0.25) is 9.78 Å². The molecule has 2 aromatic rings. The van der Waals surface area contributed by atoms with Gasteiger partial charge in [-0.05, 0) is 55.7 Å². The standard InChI is InChI=1S/C24H31FN4O4/c1-2-16-14-26-15-19(25)21(16)23(30)29-20(24(31)32)10-13-33-12-4-3-7-18-9-8-17-6-5-11-27-22(17)28-18/h8-9,14-15,20H,2-7,10-13H2,1H3,(H,27,28)(H,29,30)(H,31,32). The Morgan fingerprint density at radius 2 is 2.12 bits per heavy atom. The van der Waals surface area contributed by atoms with Gasteiger partial charge < -0.3 is 20.5 Å². The Hall–Kier alpha value is -3.07. The first-order valence-corrected chi connectivity index (χ1v) is 11.5. The number of hydrogen-bond acceptors (Lipinski definition) is 6. The molecule has 33 heavy (non-hydrogen) atoms. The minimum Gasteiger partial charge on any atom is -0.480 e. The molecule has 1 unspecified atom stereocenters. The summed E-state index contributed by atoms with van der Waals surface area (Å²) in [6.07, 6.45) is 7.64. The van der Waals surface area contributed by atoms with Crippen LogP contribution >= 0.6 is 0 Å². The Labute approximate surface area is 193 Å². The van der Waals surface area contributed by atoms with Gasteiger partial charge in [-0.1, -0.05) is 13.0 Å². The van der Waals surface area contributed by atoms with Crippen molar-refractivity contribution in [2.45, 2.75) is 57.9 Å². The van der Waals surface area contributed by atoms with Crippen LogP contribution in [-0.4, -0.2) is 52.8 Å². The molecule has 0 fully saturated rings. The predicted molar refractivity (Wildman–Crippen MR) is 122 cm³/mol. The maximum atomic E-state index is 14.1. The molecule has 3 N–H and O–H groups in total. The summed E-state index contributed by atoms with van der Waals surface area (Å²) in [5.41, 5.74) is 2.58. The van der Waals surface area contributed by atoms with Crippen LogP contribution < -0.4 is 10.6 Å². The van der Waals surface area contributed by atoms with E-state index in [2.05, 4.69) is 32.7 Å². The van der Waals surface area contributed by atoms with Crippen molar-refractivity contribution in [3.8, 4) is 0 Å². The molecule has 0 bridgehead atoms. The van der Waals surface area contributed by atoms with Gasteiger partial charge in [-0.25, -0.2) is 14.2 Å². The van der Waals surface area contributed by atoms with Crippen LogP contribution in [0.4, 0.5) is 10.2 Å². The number of pyridine rings is 2. The zero-order valence-corrected chi connectivity index (χ0v) is 18.9. The third kappa shape index (κ3) is 6.95. The van der Waals surface area contributed by atoms with Crippen molar-refractivity contribution < 1.29 is 23.8 Å². The number of carboxylic acid groups (broad SMARTS) is 1. The van der Waals surface area contributed by atoms with Gasteiger partial charge in [0.05, 0.1) is 11.8 Å². The molecule has 9 heteroatoms. The van der Waals surface area contributed by atoms with E-state index in [4.69, 9.17) is 4.74 Å². The van der Waals surface area contributed by atoms with Crippen molar-refractivity contribution in [1.82, 2.24) is 15.3 Å². The molecule has 8 nitrogen and oxygen atoms in total. The molecule has 1 aliphatic rings. The summed E-state index contributed by atoms with van der Waals surface area (Å²) in [7, 11) is 0. The first-order chi connectivity index (χ1) is 16.0. The fourth-order valence-corrected chi connectivity index (χ4v) is 3.81. The van der Waals surface area contributed by atoms with Crippen LogP contribution in [0.1, 0.15) is 59.8 Å². The van der Waals surface area contributed by atoms with E-state index in [-0.39, 0.29) is 18.6 Å². The zero-order chi connectivity index (χ0) is 23.6. The second-order valence-electron chi connectivity index (χ2n) is 8.07. The molecule has 0 spiro atoms. The number of unbranched alkanes of at least 4 members (excludes halogenated alkanes) is 1. The van der Waals surface area contributed by atoms with E-state index < -0.39 is 23.7 Å². The summed E-state index contributed by atoms with van der Waals surface area (Å²) in [6, 6.07) is 3.05. The second kappa shape index (κ2) is 12.2. The average molecular weight is 459 g/mol. The molecule has 0 radical (unpaired) electrons. The molecule has 2 aromatic heterocycles. The highest BCUT2D eigenvalue weighted by atomic mass is 19.1. The third-order valence-electron chi connectivity index (χ3n) is 5.66. The maximum Gasteiger partial charge on any atom is 0.326 e. The van der Waals surface area contributed by atoms with Gasteiger partial charge in [-0.15, -0.1) is 0 Å². The Kier molecular flexibility index (Phi) is 9.12. The van der Waals surface area contributed by atoms with E-state index in [1.165, 1.54) is 11.8 Å². The Bertz CT molecular complexity index is 969. The number of nitrogens with one attached hydrogen (secondary N) is 2. The highest BCUT2D eigenvalue weighted by Gasteiger charge is 2.24. The van der Waals surface area contributed by atoms with Gasteiger partial charge >= 0.3 is 5.97 Å². The Morgan fingerprint density at radius 3 is 2.91 bits per heavy atom. The normalized spacial score (nSPS) is 13.6. The van der Waals surface area contributed by atoms with E-state index in [9.17, 15) is 19.1 Å². The summed E-state index contributed by atoms with van der Waals surface area (Å²) in [5, 5.41) is 15.2. The number of anilines is 1. The van der Waals surface area contributed by atoms with Crippen LogP contribution in [0.15, 0.2) is 24.5 Å². The van der Waals surface area contributed by atoms with E-state index in [1.54, 1.807) is 6.92 Å². The van der Waals surface area contributed by atoms with E-state index in [1.807, 2.05) is 0 Å². The van der Waals surface area contributed by atoms with Gasteiger partial charge in [0.25, 0.3) is 5.91 Å². The molecule has 0 saturated heterocycles. The minimum atomic E-state index is -1.19. The summed E-state index contributed by atoms with van der Waals surface area (Å²) in [4.78, 5) is 32.4. The Balaban J connectivity index is 1.38. The number of aliphatic carboxylic acids is 1. The van der Waals surface area contributed by atoms with Gasteiger partial charge in [0.2, 0.25) is 0 Å². The average Bonchev–Trinajstić information content (AvgIpc) is 2.82. The predicted octanol–water partition coefficient (Wildman–Crippen LogP) is 3.15. The first-order valence-electron chi connectivity index (χ1n) is 11.5. The number of ether oxygens (including phenoxy) is 1. The first kappa shape index (κ1) is 24.6.